The summed E-state index contributed by atoms with van der Waals surface area (Å²) in [5.41, 5.74) is 0. The van der Waals surface area contributed by atoms with Gasteiger partial charge in [-0.15, -0.1) is 6.58 Å². The predicted molar refractivity (Wildman–Crippen MR) is 41.7 cm³/mol. The normalized spacial score (nSPS) is 14.7. The molecule has 11 heavy (non-hydrogen) atoms. The SMILES string of the molecule is C=CC(O)OC(=O)C(C)C=C. The molecule has 0 aromatic heterocycles. The topological polar surface area (TPSA) is 46.5 Å². The van der Waals surface area contributed by atoms with Gasteiger partial charge >= 0.3 is 5.97 Å². The zero-order chi connectivity index (χ0) is 8.85. The van der Waals surface area contributed by atoms with Crippen LogP contribution in [0.2, 0.25) is 0 Å². The van der Waals surface area contributed by atoms with E-state index in [2.05, 4.69) is 17.9 Å². The lowest BCUT2D eigenvalue weighted by molar-refractivity contribution is -0.163. The highest BCUT2D eigenvalue weighted by Gasteiger charge is 2.12. The maximum Gasteiger partial charge on any atom is 0.315 e. The molecular formula is C8H12O3. The van der Waals surface area contributed by atoms with Crippen LogP contribution in [0.1, 0.15) is 6.92 Å². The first-order valence-corrected chi connectivity index (χ1v) is 3.25. The van der Waals surface area contributed by atoms with Crippen LogP contribution in [-0.4, -0.2) is 17.4 Å². The Hall–Kier alpha value is -1.09. The van der Waals surface area contributed by atoms with Crippen molar-refractivity contribution in [3.05, 3.63) is 25.3 Å². The number of aliphatic hydroxyl groups excluding tert-OH is 1. The molecule has 0 radical (unpaired) electrons. The monoisotopic (exact) mass is 156 g/mol. The standard InChI is InChI=1S/C8H12O3/c1-4-6(3)8(10)11-7(9)5-2/h4-7,9H,1-2H2,3H3. The van der Waals surface area contributed by atoms with Crippen molar-refractivity contribution in [1.82, 2.24) is 0 Å². The van der Waals surface area contributed by atoms with Crippen LogP contribution in [0.3, 0.4) is 0 Å². The lowest BCUT2D eigenvalue weighted by Gasteiger charge is -2.09. The summed E-state index contributed by atoms with van der Waals surface area (Å²) < 4.78 is 4.48. The maximum atomic E-state index is 10.8. The molecule has 0 aliphatic carbocycles. The van der Waals surface area contributed by atoms with E-state index in [1.54, 1.807) is 6.92 Å². The van der Waals surface area contributed by atoms with Crippen molar-refractivity contribution >= 4 is 5.97 Å². The van der Waals surface area contributed by atoms with E-state index in [-0.39, 0.29) is 0 Å². The molecule has 0 spiro atoms. The highest BCUT2D eigenvalue weighted by Crippen LogP contribution is 2.01. The Bertz CT molecular complexity index is 163. The maximum absolute atomic E-state index is 10.8. The molecule has 2 unspecified atom stereocenters. The Morgan fingerprint density at radius 1 is 1.55 bits per heavy atom. The molecule has 0 rings (SSSR count). The number of aliphatic hydroxyl groups is 1. The van der Waals surface area contributed by atoms with E-state index >= 15 is 0 Å². The molecule has 0 bridgehead atoms. The molecule has 0 heterocycles. The molecule has 0 aliphatic rings. The summed E-state index contributed by atoms with van der Waals surface area (Å²) in [5, 5.41) is 8.78. The van der Waals surface area contributed by atoms with Gasteiger partial charge in [0.2, 0.25) is 6.29 Å². The quantitative estimate of drug-likeness (QED) is 0.373. The summed E-state index contributed by atoms with van der Waals surface area (Å²) in [7, 11) is 0. The lowest BCUT2D eigenvalue weighted by Crippen LogP contribution is -2.19. The van der Waals surface area contributed by atoms with Crippen LogP contribution >= 0.6 is 0 Å². The Morgan fingerprint density at radius 3 is 2.45 bits per heavy atom. The van der Waals surface area contributed by atoms with Gasteiger partial charge < -0.3 is 9.84 Å². The minimum atomic E-state index is -1.22. The molecule has 2 atom stereocenters. The molecule has 0 aromatic carbocycles. The average molecular weight is 156 g/mol. The van der Waals surface area contributed by atoms with E-state index in [0.29, 0.717) is 0 Å². The van der Waals surface area contributed by atoms with E-state index in [4.69, 9.17) is 5.11 Å². The minimum absolute atomic E-state index is 0.399. The van der Waals surface area contributed by atoms with Crippen molar-refractivity contribution in [2.45, 2.75) is 13.2 Å². The van der Waals surface area contributed by atoms with Crippen molar-refractivity contribution < 1.29 is 14.6 Å². The Morgan fingerprint density at radius 2 is 2.09 bits per heavy atom. The van der Waals surface area contributed by atoms with Crippen molar-refractivity contribution in [3.8, 4) is 0 Å². The number of ether oxygens (including phenoxy) is 1. The van der Waals surface area contributed by atoms with Gasteiger partial charge in [0.1, 0.15) is 0 Å². The van der Waals surface area contributed by atoms with Crippen LogP contribution in [0.15, 0.2) is 25.3 Å². The highest BCUT2D eigenvalue weighted by molar-refractivity contribution is 5.74. The number of rotatable bonds is 4. The van der Waals surface area contributed by atoms with Gasteiger partial charge in [0.25, 0.3) is 0 Å². The summed E-state index contributed by atoms with van der Waals surface area (Å²) in [6.07, 6.45) is 1.36. The van der Waals surface area contributed by atoms with Crippen molar-refractivity contribution in [2.75, 3.05) is 0 Å². The van der Waals surface area contributed by atoms with E-state index < -0.39 is 18.2 Å². The van der Waals surface area contributed by atoms with Gasteiger partial charge in [-0.25, -0.2) is 0 Å². The zero-order valence-electron chi connectivity index (χ0n) is 6.49. The molecule has 0 fully saturated rings. The molecule has 0 aromatic rings. The largest absolute Gasteiger partial charge is 0.432 e. The summed E-state index contributed by atoms with van der Waals surface area (Å²) in [4.78, 5) is 10.8. The van der Waals surface area contributed by atoms with Gasteiger partial charge in [-0.3, -0.25) is 4.79 Å². The van der Waals surface area contributed by atoms with E-state index in [9.17, 15) is 4.79 Å². The number of hydrogen-bond donors (Lipinski definition) is 1. The first-order chi connectivity index (χ1) is 5.11. The van der Waals surface area contributed by atoms with Gasteiger partial charge in [0, 0.05) is 0 Å². The fourth-order valence-corrected chi connectivity index (χ4v) is 0.371. The molecule has 3 heteroatoms. The fraction of sp³-hybridized carbons (Fsp3) is 0.375. The average Bonchev–Trinajstić information content (AvgIpc) is 2.02. The molecule has 1 N–H and O–H groups in total. The Balaban J connectivity index is 3.86. The van der Waals surface area contributed by atoms with Crippen molar-refractivity contribution in [1.29, 1.82) is 0 Å². The van der Waals surface area contributed by atoms with Crippen LogP contribution in [0.25, 0.3) is 0 Å². The zero-order valence-corrected chi connectivity index (χ0v) is 6.49. The van der Waals surface area contributed by atoms with Gasteiger partial charge in [0.15, 0.2) is 0 Å². The molecule has 3 nitrogen and oxygen atoms in total. The van der Waals surface area contributed by atoms with Gasteiger partial charge in [-0.1, -0.05) is 12.7 Å². The smallest absolute Gasteiger partial charge is 0.315 e. The third-order valence-electron chi connectivity index (χ3n) is 1.16. The number of carbonyl (C=O) groups is 1. The fourth-order valence-electron chi connectivity index (χ4n) is 0.371. The van der Waals surface area contributed by atoms with Gasteiger partial charge in [0.05, 0.1) is 5.92 Å². The van der Waals surface area contributed by atoms with Crippen molar-refractivity contribution in [3.63, 3.8) is 0 Å². The second-order valence-corrected chi connectivity index (χ2v) is 2.09. The van der Waals surface area contributed by atoms with E-state index in [0.717, 1.165) is 6.08 Å². The highest BCUT2D eigenvalue weighted by atomic mass is 16.6. The number of esters is 1. The number of hydrogen-bond acceptors (Lipinski definition) is 3. The van der Waals surface area contributed by atoms with Gasteiger partial charge in [-0.05, 0) is 13.0 Å². The molecule has 0 amide bonds. The molecule has 0 saturated heterocycles. The molecule has 0 aliphatic heterocycles. The summed E-state index contributed by atoms with van der Waals surface area (Å²) in [6, 6.07) is 0. The molecule has 62 valence electrons. The van der Waals surface area contributed by atoms with Crippen LogP contribution < -0.4 is 0 Å². The van der Waals surface area contributed by atoms with Crippen LogP contribution in [0, 0.1) is 5.92 Å². The summed E-state index contributed by atoms with van der Waals surface area (Å²) in [6.45, 7) is 8.28. The first kappa shape index (κ1) is 9.91. The third kappa shape index (κ3) is 3.57. The van der Waals surface area contributed by atoms with Gasteiger partial charge in [-0.2, -0.15) is 0 Å². The van der Waals surface area contributed by atoms with Crippen LogP contribution in [-0.2, 0) is 9.53 Å². The van der Waals surface area contributed by atoms with E-state index in [1.165, 1.54) is 6.08 Å². The van der Waals surface area contributed by atoms with Crippen LogP contribution in [0.5, 0.6) is 0 Å². The second-order valence-electron chi connectivity index (χ2n) is 2.09. The predicted octanol–water partition coefficient (Wildman–Crippen LogP) is 0.856. The number of carbonyl (C=O) groups excluding carboxylic acids is 1. The van der Waals surface area contributed by atoms with Crippen molar-refractivity contribution in [2.24, 2.45) is 5.92 Å². The summed E-state index contributed by atoms with van der Waals surface area (Å²) in [5.74, 6) is -0.906. The van der Waals surface area contributed by atoms with Crippen LogP contribution in [0.4, 0.5) is 0 Å². The summed E-state index contributed by atoms with van der Waals surface area (Å²) >= 11 is 0. The minimum Gasteiger partial charge on any atom is -0.432 e. The third-order valence-corrected chi connectivity index (χ3v) is 1.16. The second kappa shape index (κ2) is 4.68. The van der Waals surface area contributed by atoms with E-state index in [1.807, 2.05) is 0 Å². The lowest BCUT2D eigenvalue weighted by atomic mass is 10.2. The Labute approximate surface area is 66.0 Å². The first-order valence-electron chi connectivity index (χ1n) is 3.25. The Kier molecular flexibility index (Phi) is 4.22. The molecular weight excluding hydrogens is 144 g/mol. The molecule has 0 saturated carbocycles.